The van der Waals surface area contributed by atoms with Crippen LogP contribution in [0, 0.1) is 0 Å². The lowest BCUT2D eigenvalue weighted by atomic mass is 10.2. The van der Waals surface area contributed by atoms with Gasteiger partial charge in [-0.05, 0) is 31.5 Å². The van der Waals surface area contributed by atoms with E-state index in [1.54, 1.807) is 0 Å². The quantitative estimate of drug-likeness (QED) is 0.840. The maximum absolute atomic E-state index is 11.0. The normalized spacial score (nSPS) is 11.5. The van der Waals surface area contributed by atoms with Gasteiger partial charge in [0.25, 0.3) is 0 Å². The van der Waals surface area contributed by atoms with Crippen molar-refractivity contribution in [2.24, 2.45) is 0 Å². The van der Waals surface area contributed by atoms with Gasteiger partial charge in [-0.1, -0.05) is 12.1 Å². The third-order valence-corrected chi connectivity index (χ3v) is 3.25. The minimum atomic E-state index is -3.13. The van der Waals surface area contributed by atoms with Gasteiger partial charge in [-0.3, -0.25) is 0 Å². The molecule has 0 saturated heterocycles. The Morgan fingerprint density at radius 1 is 1.24 bits per heavy atom. The van der Waals surface area contributed by atoms with Crippen LogP contribution in [0.25, 0.3) is 0 Å². The molecule has 4 nitrogen and oxygen atoms in total. The molecule has 17 heavy (non-hydrogen) atoms. The highest BCUT2D eigenvalue weighted by molar-refractivity contribution is 7.88. The molecule has 0 unspecified atom stereocenters. The summed E-state index contributed by atoms with van der Waals surface area (Å²) in [7, 11) is -3.13. The minimum Gasteiger partial charge on any atom is -0.372 e. The highest BCUT2D eigenvalue weighted by Crippen LogP contribution is 2.15. The molecule has 1 rings (SSSR count). The predicted octanol–water partition coefficient (Wildman–Crippen LogP) is 1.58. The van der Waals surface area contributed by atoms with E-state index in [1.807, 2.05) is 24.3 Å². The molecule has 0 spiro atoms. The van der Waals surface area contributed by atoms with Crippen LogP contribution in [0.15, 0.2) is 24.3 Å². The zero-order valence-electron chi connectivity index (χ0n) is 10.6. The number of sulfonamides is 1. The fourth-order valence-electron chi connectivity index (χ4n) is 1.67. The third-order valence-electron chi connectivity index (χ3n) is 2.58. The fourth-order valence-corrected chi connectivity index (χ4v) is 2.10. The van der Waals surface area contributed by atoms with Gasteiger partial charge in [0.2, 0.25) is 10.0 Å². The van der Waals surface area contributed by atoms with E-state index in [9.17, 15) is 8.42 Å². The van der Waals surface area contributed by atoms with Crippen molar-refractivity contribution in [2.45, 2.75) is 20.4 Å². The Kier molecular flexibility index (Phi) is 4.96. The maximum atomic E-state index is 11.0. The maximum Gasteiger partial charge on any atom is 0.209 e. The number of anilines is 1. The standard InChI is InChI=1S/C12H20N2O2S/c1-4-14(5-2)12-8-6-7-11(9-12)10-13-17(3,15)16/h6-9,13H,4-5,10H2,1-3H3. The molecule has 0 fully saturated rings. The van der Waals surface area contributed by atoms with Crippen LogP contribution in [0.2, 0.25) is 0 Å². The second-order valence-corrected chi connectivity index (χ2v) is 5.77. The highest BCUT2D eigenvalue weighted by Gasteiger charge is 2.04. The van der Waals surface area contributed by atoms with E-state index in [4.69, 9.17) is 0 Å². The molecule has 0 aliphatic carbocycles. The number of nitrogens with zero attached hydrogens (tertiary/aromatic N) is 1. The molecule has 0 radical (unpaired) electrons. The van der Waals surface area contributed by atoms with Crippen LogP contribution in [0.1, 0.15) is 19.4 Å². The van der Waals surface area contributed by atoms with Gasteiger partial charge in [-0.2, -0.15) is 0 Å². The molecule has 0 aliphatic heterocycles. The molecule has 0 aromatic heterocycles. The van der Waals surface area contributed by atoms with Gasteiger partial charge in [-0.15, -0.1) is 0 Å². The molecule has 0 amide bonds. The number of hydrogen-bond donors (Lipinski definition) is 1. The highest BCUT2D eigenvalue weighted by atomic mass is 32.2. The molecular formula is C12H20N2O2S. The molecule has 1 aromatic carbocycles. The Morgan fingerprint density at radius 3 is 2.41 bits per heavy atom. The molecule has 1 aromatic rings. The Morgan fingerprint density at radius 2 is 1.88 bits per heavy atom. The summed E-state index contributed by atoms with van der Waals surface area (Å²) in [5.41, 5.74) is 2.10. The predicted molar refractivity (Wildman–Crippen MR) is 71.7 cm³/mol. The Bertz CT molecular complexity index is 453. The van der Waals surface area contributed by atoms with E-state index in [0.29, 0.717) is 6.54 Å². The van der Waals surface area contributed by atoms with Crippen molar-refractivity contribution in [3.05, 3.63) is 29.8 Å². The van der Waals surface area contributed by atoms with Crippen molar-refractivity contribution in [1.82, 2.24) is 4.72 Å². The molecule has 96 valence electrons. The number of hydrogen-bond acceptors (Lipinski definition) is 3. The van der Waals surface area contributed by atoms with Crippen LogP contribution in [0.5, 0.6) is 0 Å². The summed E-state index contributed by atoms with van der Waals surface area (Å²) in [6.45, 7) is 6.43. The van der Waals surface area contributed by atoms with Gasteiger partial charge in [0.1, 0.15) is 0 Å². The molecule has 0 atom stereocenters. The molecule has 1 N–H and O–H groups in total. The second kappa shape index (κ2) is 6.02. The number of rotatable bonds is 6. The van der Waals surface area contributed by atoms with E-state index in [1.165, 1.54) is 6.26 Å². The monoisotopic (exact) mass is 256 g/mol. The van der Waals surface area contributed by atoms with Crippen molar-refractivity contribution < 1.29 is 8.42 Å². The zero-order valence-corrected chi connectivity index (χ0v) is 11.4. The zero-order chi connectivity index (χ0) is 12.9. The van der Waals surface area contributed by atoms with Crippen LogP contribution in [-0.4, -0.2) is 27.8 Å². The first-order chi connectivity index (χ1) is 7.96. The lowest BCUT2D eigenvalue weighted by Crippen LogP contribution is -2.23. The minimum absolute atomic E-state index is 0.341. The van der Waals surface area contributed by atoms with E-state index < -0.39 is 10.0 Å². The topological polar surface area (TPSA) is 49.4 Å². The third kappa shape index (κ3) is 4.75. The molecule has 0 aliphatic rings. The Labute approximate surface area is 104 Å². The lowest BCUT2D eigenvalue weighted by Gasteiger charge is -2.21. The van der Waals surface area contributed by atoms with E-state index in [0.717, 1.165) is 24.3 Å². The van der Waals surface area contributed by atoms with Crippen molar-refractivity contribution in [3.8, 4) is 0 Å². The van der Waals surface area contributed by atoms with Crippen molar-refractivity contribution in [1.29, 1.82) is 0 Å². The van der Waals surface area contributed by atoms with Crippen LogP contribution in [0.3, 0.4) is 0 Å². The van der Waals surface area contributed by atoms with Crippen LogP contribution < -0.4 is 9.62 Å². The largest absolute Gasteiger partial charge is 0.372 e. The van der Waals surface area contributed by atoms with E-state index in [-0.39, 0.29) is 0 Å². The molecule has 0 saturated carbocycles. The number of benzene rings is 1. The van der Waals surface area contributed by atoms with E-state index >= 15 is 0 Å². The summed E-state index contributed by atoms with van der Waals surface area (Å²) in [4.78, 5) is 2.23. The Hall–Kier alpha value is -1.07. The summed E-state index contributed by atoms with van der Waals surface area (Å²) < 4.78 is 24.5. The summed E-state index contributed by atoms with van der Waals surface area (Å²) in [5.74, 6) is 0. The van der Waals surface area contributed by atoms with Gasteiger partial charge in [0.15, 0.2) is 0 Å². The van der Waals surface area contributed by atoms with Gasteiger partial charge in [-0.25, -0.2) is 13.1 Å². The fraction of sp³-hybridized carbons (Fsp3) is 0.500. The van der Waals surface area contributed by atoms with Crippen molar-refractivity contribution >= 4 is 15.7 Å². The average Bonchev–Trinajstić information content (AvgIpc) is 2.28. The van der Waals surface area contributed by atoms with Crippen LogP contribution >= 0.6 is 0 Å². The van der Waals surface area contributed by atoms with E-state index in [2.05, 4.69) is 23.5 Å². The molecule has 0 heterocycles. The Balaban J connectivity index is 2.79. The number of nitrogens with one attached hydrogen (secondary N) is 1. The first-order valence-electron chi connectivity index (χ1n) is 5.74. The van der Waals surface area contributed by atoms with Crippen molar-refractivity contribution in [3.63, 3.8) is 0 Å². The second-order valence-electron chi connectivity index (χ2n) is 3.94. The van der Waals surface area contributed by atoms with Gasteiger partial charge < -0.3 is 4.90 Å². The van der Waals surface area contributed by atoms with Gasteiger partial charge in [0.05, 0.1) is 6.26 Å². The molecule has 0 bridgehead atoms. The van der Waals surface area contributed by atoms with Crippen LogP contribution in [-0.2, 0) is 16.6 Å². The lowest BCUT2D eigenvalue weighted by molar-refractivity contribution is 0.587. The van der Waals surface area contributed by atoms with Crippen molar-refractivity contribution in [2.75, 3.05) is 24.2 Å². The first-order valence-corrected chi connectivity index (χ1v) is 7.64. The summed E-state index contributed by atoms with van der Waals surface area (Å²) in [6, 6.07) is 7.93. The SMILES string of the molecule is CCN(CC)c1cccc(CNS(C)(=O)=O)c1. The molecular weight excluding hydrogens is 236 g/mol. The smallest absolute Gasteiger partial charge is 0.209 e. The summed E-state index contributed by atoms with van der Waals surface area (Å²) in [5, 5.41) is 0. The van der Waals surface area contributed by atoms with Crippen LogP contribution in [0.4, 0.5) is 5.69 Å². The first kappa shape index (κ1) is 14.0. The summed E-state index contributed by atoms with van der Waals surface area (Å²) in [6.07, 6.45) is 1.17. The molecule has 5 heteroatoms. The van der Waals surface area contributed by atoms with Gasteiger partial charge >= 0.3 is 0 Å². The van der Waals surface area contributed by atoms with Gasteiger partial charge in [0, 0.05) is 25.3 Å². The summed E-state index contributed by atoms with van der Waals surface area (Å²) >= 11 is 0. The average molecular weight is 256 g/mol.